The molecule has 4 nitrogen and oxygen atoms in total. The van der Waals surface area contributed by atoms with Crippen molar-refractivity contribution < 1.29 is 34.4 Å². The van der Waals surface area contributed by atoms with Gasteiger partial charge in [0, 0.05) is 54.5 Å². The molecule has 0 saturated heterocycles. The van der Waals surface area contributed by atoms with Gasteiger partial charge in [-0.25, -0.2) is 0 Å². The fraction of sp³-hybridized carbons (Fsp3) is 0.371. The number of aromatic nitrogens is 1. The molecule has 0 bridgehead atoms. The van der Waals surface area contributed by atoms with E-state index in [2.05, 4.69) is 62.2 Å². The van der Waals surface area contributed by atoms with E-state index in [-0.39, 0.29) is 43.5 Å². The number of carbonyl (C=O) groups excluding carboxylic acids is 1. The predicted molar refractivity (Wildman–Crippen MR) is 162 cm³/mol. The van der Waals surface area contributed by atoms with E-state index >= 15 is 0 Å². The molecule has 0 fully saturated rings. The maximum atomic E-state index is 11.7. The van der Waals surface area contributed by atoms with Gasteiger partial charge in [0.05, 0.1) is 12.0 Å². The van der Waals surface area contributed by atoms with Crippen LogP contribution in [0.3, 0.4) is 0 Å². The van der Waals surface area contributed by atoms with Crippen LogP contribution in [0.1, 0.15) is 70.1 Å². The van der Waals surface area contributed by atoms with Gasteiger partial charge < -0.3 is 14.5 Å². The number of fused-ring (bicyclic) bond motifs is 1. The van der Waals surface area contributed by atoms with Crippen molar-refractivity contribution in [2.75, 3.05) is 0 Å². The van der Waals surface area contributed by atoms with Gasteiger partial charge in [-0.1, -0.05) is 77.9 Å². The summed E-state index contributed by atoms with van der Waals surface area (Å²) in [6.45, 7) is 14.3. The Balaban J connectivity index is 0.000000307. The molecule has 1 N–H and O–H groups in total. The smallest absolute Gasteiger partial charge is 0.162 e. The molecule has 5 heteroatoms. The van der Waals surface area contributed by atoms with E-state index in [9.17, 15) is 9.90 Å². The van der Waals surface area contributed by atoms with Gasteiger partial charge in [0.25, 0.3) is 0 Å². The minimum Gasteiger partial charge on any atom is -0.512 e. The van der Waals surface area contributed by atoms with Gasteiger partial charge in [-0.15, -0.1) is 34.9 Å². The van der Waals surface area contributed by atoms with E-state index in [1.165, 1.54) is 11.6 Å². The number of hydrogen-bond donors (Lipinski definition) is 1. The topological polar surface area (TPSA) is 63.3 Å². The van der Waals surface area contributed by atoms with Crippen molar-refractivity contribution in [1.29, 1.82) is 0 Å². The fourth-order valence-corrected chi connectivity index (χ4v) is 4.95. The summed E-state index contributed by atoms with van der Waals surface area (Å²) < 4.78 is 6.05. The second-order valence-corrected chi connectivity index (χ2v) is 10.2. The molecule has 0 aliphatic rings. The summed E-state index contributed by atoms with van der Waals surface area (Å²) >= 11 is 0. The van der Waals surface area contributed by atoms with Gasteiger partial charge in [0.1, 0.15) is 5.76 Å². The van der Waals surface area contributed by atoms with Crippen molar-refractivity contribution in [3.05, 3.63) is 89.3 Å². The first-order chi connectivity index (χ1) is 18.7. The molecule has 2 heterocycles. The Labute approximate surface area is 253 Å². The first-order valence-electron chi connectivity index (χ1n) is 14.1. The van der Waals surface area contributed by atoms with E-state index in [0.717, 1.165) is 70.4 Å². The summed E-state index contributed by atoms with van der Waals surface area (Å²) in [5.74, 6) is 1.46. The van der Waals surface area contributed by atoms with Crippen LogP contribution in [0.25, 0.3) is 33.6 Å². The summed E-state index contributed by atoms with van der Waals surface area (Å²) in [6.07, 6.45) is 6.72. The number of furan rings is 1. The minimum atomic E-state index is 0. The van der Waals surface area contributed by atoms with E-state index in [1.807, 2.05) is 52.1 Å². The third kappa shape index (κ3) is 8.25. The van der Waals surface area contributed by atoms with E-state index in [1.54, 1.807) is 0 Å². The van der Waals surface area contributed by atoms with Gasteiger partial charge in [0.2, 0.25) is 0 Å². The van der Waals surface area contributed by atoms with Crippen LogP contribution >= 0.6 is 0 Å². The number of rotatable bonds is 9. The molecule has 215 valence electrons. The zero-order valence-corrected chi connectivity index (χ0v) is 27.2. The van der Waals surface area contributed by atoms with Crippen LogP contribution in [0, 0.1) is 38.7 Å². The molecule has 4 aromatic rings. The summed E-state index contributed by atoms with van der Waals surface area (Å²) in [5, 5.41) is 10.9. The van der Waals surface area contributed by atoms with E-state index in [0.29, 0.717) is 0 Å². The van der Waals surface area contributed by atoms with Crippen LogP contribution in [-0.2, 0) is 24.9 Å². The predicted octanol–water partition coefficient (Wildman–Crippen LogP) is 9.75. The van der Waals surface area contributed by atoms with Crippen LogP contribution in [-0.4, -0.2) is 15.9 Å². The van der Waals surface area contributed by atoms with Crippen molar-refractivity contribution in [3.63, 3.8) is 0 Å². The fourth-order valence-electron chi connectivity index (χ4n) is 4.95. The van der Waals surface area contributed by atoms with E-state index < -0.39 is 0 Å². The van der Waals surface area contributed by atoms with Crippen molar-refractivity contribution in [3.8, 4) is 22.6 Å². The quantitative estimate of drug-likeness (QED) is 0.106. The Hall–Kier alpha value is -3.01. The maximum absolute atomic E-state index is 11.7. The van der Waals surface area contributed by atoms with Crippen molar-refractivity contribution in [2.24, 2.45) is 11.8 Å². The number of benzene rings is 2. The average molecular weight is 717 g/mol. The number of ketones is 1. The zero-order valence-electron chi connectivity index (χ0n) is 24.8. The number of nitrogens with zero attached hydrogens (tertiary/aromatic N) is 1. The first-order valence-corrected chi connectivity index (χ1v) is 14.1. The SMILES string of the molecule is CCC(CC)C(=O)/C=C(\O)C(CC)CC.Cc1[c-]c(-c2cc3c(C)c(-c4ccccc4)oc3cn2)cc(C)c1.[Ir]. The number of allylic oxidation sites excluding steroid dienone is 2. The molecular weight excluding hydrogens is 675 g/mol. The molecule has 0 atom stereocenters. The number of aliphatic hydroxyl groups excluding tert-OH is 1. The maximum Gasteiger partial charge on any atom is 0.162 e. The molecule has 2 aromatic carbocycles. The second kappa shape index (κ2) is 15.7. The van der Waals surface area contributed by atoms with Gasteiger partial charge in [-0.2, -0.15) is 0 Å². The Morgan fingerprint density at radius 3 is 2.15 bits per heavy atom. The number of hydrogen-bond acceptors (Lipinski definition) is 4. The van der Waals surface area contributed by atoms with Gasteiger partial charge >= 0.3 is 0 Å². The monoisotopic (exact) mass is 717 g/mol. The van der Waals surface area contributed by atoms with Crippen LogP contribution in [0.4, 0.5) is 0 Å². The summed E-state index contributed by atoms with van der Waals surface area (Å²) in [4.78, 5) is 16.3. The average Bonchev–Trinajstić information content (AvgIpc) is 3.26. The van der Waals surface area contributed by atoms with Gasteiger partial charge in [-0.3, -0.25) is 4.79 Å². The number of carbonyl (C=O) groups is 1. The number of aliphatic hydroxyl groups is 1. The van der Waals surface area contributed by atoms with Crippen LogP contribution < -0.4 is 0 Å². The Morgan fingerprint density at radius 2 is 1.57 bits per heavy atom. The molecule has 0 saturated carbocycles. The molecular formula is C35H42IrNO3-. The minimum absolute atomic E-state index is 0. The third-order valence-electron chi connectivity index (χ3n) is 7.37. The molecule has 0 aliphatic carbocycles. The molecule has 0 aliphatic heterocycles. The molecule has 0 spiro atoms. The number of pyridine rings is 1. The standard InChI is InChI=1S/C22H18NO.C13H24O2.Ir/c1-14-9-15(2)11-18(10-14)20-12-19-16(3)22(24-21(19)13-23-20)17-7-5-4-6-8-17;1-5-10(6-2)12(14)9-13(15)11(7-3)8-4;/h4-10,12-13H,1-3H3;9-11,14H,5-8H2,1-4H3;/q-1;;/b;12-9-;. The number of aryl methyl sites for hydroxylation is 3. The first kappa shape index (κ1) is 33.2. The third-order valence-corrected chi connectivity index (χ3v) is 7.37. The molecule has 4 rings (SSSR count). The van der Waals surface area contributed by atoms with Gasteiger partial charge in [0.15, 0.2) is 11.4 Å². The summed E-state index contributed by atoms with van der Waals surface area (Å²) in [6, 6.07) is 19.9. The van der Waals surface area contributed by atoms with Crippen molar-refractivity contribution in [2.45, 2.75) is 74.1 Å². The summed E-state index contributed by atoms with van der Waals surface area (Å²) in [7, 11) is 0. The van der Waals surface area contributed by atoms with E-state index in [4.69, 9.17) is 4.42 Å². The molecule has 40 heavy (non-hydrogen) atoms. The summed E-state index contributed by atoms with van der Waals surface area (Å²) in [5.41, 5.74) is 7.35. The Morgan fingerprint density at radius 1 is 0.950 bits per heavy atom. The van der Waals surface area contributed by atoms with Crippen molar-refractivity contribution in [1.82, 2.24) is 4.98 Å². The largest absolute Gasteiger partial charge is 0.512 e. The molecule has 1 radical (unpaired) electrons. The van der Waals surface area contributed by atoms with Crippen LogP contribution in [0.2, 0.25) is 0 Å². The Kier molecular flexibility index (Phi) is 13.0. The Bertz CT molecular complexity index is 1390. The van der Waals surface area contributed by atoms with Gasteiger partial charge in [-0.05, 0) is 38.3 Å². The normalized spacial score (nSPS) is 11.4. The van der Waals surface area contributed by atoms with Crippen molar-refractivity contribution >= 4 is 16.8 Å². The molecule has 2 aromatic heterocycles. The molecule has 0 amide bonds. The second-order valence-electron chi connectivity index (χ2n) is 10.2. The van der Waals surface area contributed by atoms with Crippen LogP contribution in [0.5, 0.6) is 0 Å². The van der Waals surface area contributed by atoms with Crippen LogP contribution in [0.15, 0.2) is 71.0 Å². The zero-order chi connectivity index (χ0) is 28.5. The molecule has 0 unspecified atom stereocenters.